The minimum absolute atomic E-state index is 0.00934. The average Bonchev–Trinajstić information content (AvgIpc) is 3.06. The van der Waals surface area contributed by atoms with Crippen LogP contribution in [0.4, 0.5) is 5.13 Å². The minimum Gasteiger partial charge on any atom is -0.306 e. The maximum absolute atomic E-state index is 12.3. The summed E-state index contributed by atoms with van der Waals surface area (Å²) in [6.45, 7) is 5.15. The van der Waals surface area contributed by atoms with Crippen LogP contribution >= 0.6 is 11.3 Å². The quantitative estimate of drug-likeness (QED) is 0.904. The molecule has 0 aliphatic carbocycles. The molecule has 1 fully saturated rings. The van der Waals surface area contributed by atoms with Gasteiger partial charge in [-0.25, -0.2) is 0 Å². The summed E-state index contributed by atoms with van der Waals surface area (Å²) in [7, 11) is 0. The first-order valence-corrected chi connectivity index (χ1v) is 8.83. The Kier molecular flexibility index (Phi) is 4.73. The molecule has 0 bridgehead atoms. The van der Waals surface area contributed by atoms with Gasteiger partial charge in [-0.3, -0.25) is 10.1 Å². The molecule has 1 unspecified atom stereocenters. The van der Waals surface area contributed by atoms with Crippen LogP contribution in [0, 0.1) is 0 Å². The highest BCUT2D eigenvalue weighted by Gasteiger charge is 2.28. The Labute approximate surface area is 140 Å². The van der Waals surface area contributed by atoms with E-state index >= 15 is 0 Å². The SMILES string of the molecule is CC(C)(c1ccccc1)c1nnc(NC(=O)C2CCCCN2)s1. The fourth-order valence-corrected chi connectivity index (χ4v) is 3.64. The van der Waals surface area contributed by atoms with Gasteiger partial charge in [-0.15, -0.1) is 10.2 Å². The van der Waals surface area contributed by atoms with Crippen molar-refractivity contribution in [1.29, 1.82) is 0 Å². The van der Waals surface area contributed by atoms with Crippen LogP contribution in [-0.4, -0.2) is 28.7 Å². The summed E-state index contributed by atoms with van der Waals surface area (Å²) >= 11 is 1.45. The smallest absolute Gasteiger partial charge is 0.243 e. The van der Waals surface area contributed by atoms with Crippen molar-refractivity contribution in [3.63, 3.8) is 0 Å². The van der Waals surface area contributed by atoms with Crippen molar-refractivity contribution < 1.29 is 4.79 Å². The molecule has 23 heavy (non-hydrogen) atoms. The highest BCUT2D eigenvalue weighted by atomic mass is 32.1. The maximum atomic E-state index is 12.3. The van der Waals surface area contributed by atoms with Crippen LogP contribution < -0.4 is 10.6 Å². The van der Waals surface area contributed by atoms with E-state index in [2.05, 4.69) is 46.8 Å². The van der Waals surface area contributed by atoms with Gasteiger partial charge in [-0.05, 0) is 38.8 Å². The molecule has 2 aromatic rings. The summed E-state index contributed by atoms with van der Waals surface area (Å²) in [5.41, 5.74) is 0.952. The number of carbonyl (C=O) groups is 1. The van der Waals surface area contributed by atoms with Gasteiger partial charge in [0.05, 0.1) is 6.04 Å². The van der Waals surface area contributed by atoms with Crippen LogP contribution in [0.1, 0.15) is 43.7 Å². The molecule has 1 saturated heterocycles. The monoisotopic (exact) mass is 330 g/mol. The fraction of sp³-hybridized carbons (Fsp3) is 0.471. The van der Waals surface area contributed by atoms with Gasteiger partial charge >= 0.3 is 0 Å². The number of piperidine rings is 1. The van der Waals surface area contributed by atoms with Crippen LogP contribution in [0.25, 0.3) is 0 Å². The molecule has 122 valence electrons. The van der Waals surface area contributed by atoms with E-state index in [4.69, 9.17) is 0 Å². The number of rotatable bonds is 4. The molecule has 2 N–H and O–H groups in total. The zero-order chi connectivity index (χ0) is 16.3. The van der Waals surface area contributed by atoms with E-state index in [1.165, 1.54) is 16.9 Å². The van der Waals surface area contributed by atoms with Crippen molar-refractivity contribution in [1.82, 2.24) is 15.5 Å². The summed E-state index contributed by atoms with van der Waals surface area (Å²) in [6.07, 6.45) is 3.11. The summed E-state index contributed by atoms with van der Waals surface area (Å²) in [5, 5.41) is 16.1. The number of nitrogens with zero attached hydrogens (tertiary/aromatic N) is 2. The fourth-order valence-electron chi connectivity index (χ4n) is 2.77. The summed E-state index contributed by atoms with van der Waals surface area (Å²) in [4.78, 5) is 12.3. The van der Waals surface area contributed by atoms with E-state index in [0.29, 0.717) is 5.13 Å². The lowest BCUT2D eigenvalue weighted by atomic mass is 9.85. The molecule has 2 heterocycles. The lowest BCUT2D eigenvalue weighted by Gasteiger charge is -2.22. The summed E-state index contributed by atoms with van der Waals surface area (Å²) in [5.74, 6) is -0.00934. The molecule has 1 amide bonds. The third-order valence-electron chi connectivity index (χ3n) is 4.31. The summed E-state index contributed by atoms with van der Waals surface area (Å²) in [6, 6.07) is 10.1. The van der Waals surface area contributed by atoms with E-state index in [0.717, 1.165) is 30.8 Å². The standard InChI is InChI=1S/C17H22N4OS/c1-17(2,12-8-4-3-5-9-12)15-20-21-16(23-15)19-14(22)13-10-6-7-11-18-13/h3-5,8-9,13,18H,6-7,10-11H2,1-2H3,(H,19,21,22). The Morgan fingerprint density at radius 3 is 2.74 bits per heavy atom. The van der Waals surface area contributed by atoms with E-state index in [1.54, 1.807) is 0 Å². The maximum Gasteiger partial charge on any atom is 0.243 e. The highest BCUT2D eigenvalue weighted by Crippen LogP contribution is 2.34. The number of carbonyl (C=O) groups excluding carboxylic acids is 1. The number of anilines is 1. The number of nitrogens with one attached hydrogen (secondary N) is 2. The van der Waals surface area contributed by atoms with Crippen molar-refractivity contribution in [2.24, 2.45) is 0 Å². The van der Waals surface area contributed by atoms with Crippen LogP contribution in [0.3, 0.4) is 0 Å². The molecule has 1 aliphatic heterocycles. The van der Waals surface area contributed by atoms with E-state index in [-0.39, 0.29) is 17.4 Å². The molecule has 5 nitrogen and oxygen atoms in total. The highest BCUT2D eigenvalue weighted by molar-refractivity contribution is 7.15. The van der Waals surface area contributed by atoms with Gasteiger partial charge in [0, 0.05) is 5.41 Å². The summed E-state index contributed by atoms with van der Waals surface area (Å²) < 4.78 is 0. The van der Waals surface area contributed by atoms with E-state index in [1.807, 2.05) is 18.2 Å². The molecule has 0 spiro atoms. The molecule has 3 rings (SSSR count). The van der Waals surface area contributed by atoms with Crippen molar-refractivity contribution >= 4 is 22.4 Å². The van der Waals surface area contributed by atoms with Gasteiger partial charge in [0.2, 0.25) is 11.0 Å². The number of hydrogen-bond acceptors (Lipinski definition) is 5. The van der Waals surface area contributed by atoms with Gasteiger partial charge < -0.3 is 5.32 Å². The lowest BCUT2D eigenvalue weighted by Crippen LogP contribution is -2.43. The number of aromatic nitrogens is 2. The van der Waals surface area contributed by atoms with Crippen LogP contribution in [0.5, 0.6) is 0 Å². The third kappa shape index (κ3) is 3.59. The second-order valence-electron chi connectivity index (χ2n) is 6.40. The first-order chi connectivity index (χ1) is 11.1. The van der Waals surface area contributed by atoms with E-state index in [9.17, 15) is 4.79 Å². The topological polar surface area (TPSA) is 66.9 Å². The Hall–Kier alpha value is -1.79. The molecule has 6 heteroatoms. The van der Waals surface area contributed by atoms with Gasteiger partial charge in [0.25, 0.3) is 0 Å². The first kappa shape index (κ1) is 16.1. The Morgan fingerprint density at radius 1 is 1.26 bits per heavy atom. The normalized spacial score (nSPS) is 18.6. The van der Waals surface area contributed by atoms with Gasteiger partial charge in [0.15, 0.2) is 0 Å². The molecular formula is C17H22N4OS. The Bertz CT molecular complexity index is 662. The predicted octanol–water partition coefficient (Wildman–Crippen LogP) is 2.94. The largest absolute Gasteiger partial charge is 0.306 e. The van der Waals surface area contributed by atoms with Crippen molar-refractivity contribution in [2.75, 3.05) is 11.9 Å². The first-order valence-electron chi connectivity index (χ1n) is 8.01. The van der Waals surface area contributed by atoms with Crippen molar-refractivity contribution in [3.8, 4) is 0 Å². The molecular weight excluding hydrogens is 308 g/mol. The third-order valence-corrected chi connectivity index (χ3v) is 5.47. The zero-order valence-corrected chi connectivity index (χ0v) is 14.3. The number of amides is 1. The molecule has 0 saturated carbocycles. The number of benzene rings is 1. The zero-order valence-electron chi connectivity index (χ0n) is 13.5. The predicted molar refractivity (Wildman–Crippen MR) is 92.8 cm³/mol. The second kappa shape index (κ2) is 6.76. The average molecular weight is 330 g/mol. The van der Waals surface area contributed by atoms with Crippen molar-refractivity contribution in [2.45, 2.75) is 44.6 Å². The van der Waals surface area contributed by atoms with Gasteiger partial charge in [-0.1, -0.05) is 48.1 Å². The Morgan fingerprint density at radius 2 is 2.04 bits per heavy atom. The van der Waals surface area contributed by atoms with Crippen LogP contribution in [0.15, 0.2) is 30.3 Å². The van der Waals surface area contributed by atoms with Gasteiger partial charge in [0.1, 0.15) is 5.01 Å². The molecule has 1 atom stereocenters. The lowest BCUT2D eigenvalue weighted by molar-refractivity contribution is -0.118. The van der Waals surface area contributed by atoms with Crippen molar-refractivity contribution in [3.05, 3.63) is 40.9 Å². The number of hydrogen-bond donors (Lipinski definition) is 2. The van der Waals surface area contributed by atoms with Crippen LogP contribution in [0.2, 0.25) is 0 Å². The van der Waals surface area contributed by atoms with Crippen LogP contribution in [-0.2, 0) is 10.2 Å². The van der Waals surface area contributed by atoms with E-state index < -0.39 is 0 Å². The molecule has 1 aromatic heterocycles. The minimum atomic E-state index is -0.231. The Balaban J connectivity index is 1.71. The molecule has 0 radical (unpaired) electrons. The molecule has 1 aliphatic rings. The van der Waals surface area contributed by atoms with Gasteiger partial charge in [-0.2, -0.15) is 0 Å². The molecule has 1 aromatic carbocycles. The second-order valence-corrected chi connectivity index (χ2v) is 7.37.